The number of hydrogen-bond donors (Lipinski definition) is 0. The predicted molar refractivity (Wildman–Crippen MR) is 56.5 cm³/mol. The average molecular weight is 246 g/mol. The van der Waals surface area contributed by atoms with E-state index >= 15 is 0 Å². The zero-order chi connectivity index (χ0) is 10.8. The summed E-state index contributed by atoms with van der Waals surface area (Å²) in [6.07, 6.45) is 0. The molecule has 0 unspecified atom stereocenters. The quantitative estimate of drug-likeness (QED) is 0.751. The van der Waals surface area contributed by atoms with Crippen molar-refractivity contribution in [1.29, 1.82) is 0 Å². The van der Waals surface area contributed by atoms with Gasteiger partial charge < -0.3 is 4.52 Å². The highest BCUT2D eigenvalue weighted by Gasteiger charge is 2.14. The summed E-state index contributed by atoms with van der Waals surface area (Å²) in [5.74, 6) is 0.0591. The molecule has 2 rings (SSSR count). The highest BCUT2D eigenvalue weighted by molar-refractivity contribution is 6.33. The molecule has 15 heavy (non-hydrogen) atoms. The smallest absolute Gasteiger partial charge is 0.171 e. The van der Waals surface area contributed by atoms with Gasteiger partial charge in [-0.2, -0.15) is 0 Å². The van der Waals surface area contributed by atoms with Gasteiger partial charge in [-0.1, -0.05) is 22.8 Å². The van der Waals surface area contributed by atoms with Crippen LogP contribution >= 0.6 is 23.2 Å². The van der Waals surface area contributed by atoms with Gasteiger partial charge in [0.25, 0.3) is 0 Å². The minimum atomic E-state index is -0.445. The number of halogens is 3. The number of benzene rings is 1. The van der Waals surface area contributed by atoms with Gasteiger partial charge in [-0.25, -0.2) is 4.39 Å². The maximum absolute atomic E-state index is 13.4. The van der Waals surface area contributed by atoms with Crippen molar-refractivity contribution in [2.45, 2.75) is 5.88 Å². The van der Waals surface area contributed by atoms with E-state index in [0.717, 1.165) is 0 Å². The van der Waals surface area contributed by atoms with Gasteiger partial charge in [0.2, 0.25) is 0 Å². The molecule has 78 valence electrons. The molecule has 0 fully saturated rings. The molecule has 0 N–H and O–H groups in total. The summed E-state index contributed by atoms with van der Waals surface area (Å²) in [7, 11) is 0. The fourth-order valence-electron chi connectivity index (χ4n) is 1.23. The molecule has 0 aliphatic rings. The molecule has 0 radical (unpaired) electrons. The SMILES string of the molecule is Fc1cccc(Cl)c1-c1cc(CCl)no1. The van der Waals surface area contributed by atoms with Crippen molar-refractivity contribution in [3.8, 4) is 11.3 Å². The van der Waals surface area contributed by atoms with Crippen LogP contribution in [0.2, 0.25) is 5.02 Å². The second kappa shape index (κ2) is 4.21. The van der Waals surface area contributed by atoms with Crippen LogP contribution in [-0.4, -0.2) is 5.16 Å². The molecule has 0 aliphatic carbocycles. The molecule has 0 saturated carbocycles. The number of aromatic nitrogens is 1. The molecule has 1 aromatic carbocycles. The second-order valence-electron chi connectivity index (χ2n) is 2.91. The number of hydrogen-bond acceptors (Lipinski definition) is 2. The molecule has 0 bridgehead atoms. The third-order valence-corrected chi connectivity index (χ3v) is 2.49. The molecule has 0 amide bonds. The van der Waals surface area contributed by atoms with Crippen molar-refractivity contribution in [2.75, 3.05) is 0 Å². The van der Waals surface area contributed by atoms with Gasteiger partial charge in [0.15, 0.2) is 5.76 Å². The van der Waals surface area contributed by atoms with Crippen molar-refractivity contribution in [2.24, 2.45) is 0 Å². The summed E-state index contributed by atoms with van der Waals surface area (Å²) in [5, 5.41) is 3.95. The Morgan fingerprint density at radius 3 is 2.80 bits per heavy atom. The molecule has 0 atom stereocenters. The summed E-state index contributed by atoms with van der Waals surface area (Å²) >= 11 is 11.4. The van der Waals surface area contributed by atoms with Crippen molar-refractivity contribution in [1.82, 2.24) is 5.16 Å². The Labute approximate surface area is 95.6 Å². The molecule has 1 aromatic heterocycles. The Hall–Kier alpha value is -1.06. The van der Waals surface area contributed by atoms with Crippen LogP contribution in [0.3, 0.4) is 0 Å². The van der Waals surface area contributed by atoms with E-state index in [1.54, 1.807) is 12.1 Å². The lowest BCUT2D eigenvalue weighted by Gasteiger charge is -1.99. The Morgan fingerprint density at radius 1 is 1.40 bits per heavy atom. The van der Waals surface area contributed by atoms with Crippen LogP contribution in [0.5, 0.6) is 0 Å². The summed E-state index contributed by atoms with van der Waals surface area (Å²) in [6.45, 7) is 0. The first-order valence-corrected chi connectivity index (χ1v) is 5.09. The van der Waals surface area contributed by atoms with E-state index in [2.05, 4.69) is 5.16 Å². The van der Waals surface area contributed by atoms with Crippen molar-refractivity contribution < 1.29 is 8.91 Å². The third kappa shape index (κ3) is 1.98. The monoisotopic (exact) mass is 245 g/mol. The molecule has 2 nitrogen and oxygen atoms in total. The predicted octanol–water partition coefficient (Wildman–Crippen LogP) is 3.87. The van der Waals surface area contributed by atoms with Crippen molar-refractivity contribution in [3.63, 3.8) is 0 Å². The van der Waals surface area contributed by atoms with Crippen LogP contribution in [0.1, 0.15) is 5.69 Å². The minimum absolute atomic E-state index is 0.211. The van der Waals surface area contributed by atoms with Gasteiger partial charge in [0.1, 0.15) is 5.82 Å². The lowest BCUT2D eigenvalue weighted by Crippen LogP contribution is -1.83. The van der Waals surface area contributed by atoms with E-state index in [0.29, 0.717) is 5.69 Å². The average Bonchev–Trinajstić information content (AvgIpc) is 2.66. The summed E-state index contributed by atoms with van der Waals surface area (Å²) in [4.78, 5) is 0. The molecular formula is C10H6Cl2FNO. The number of rotatable bonds is 2. The van der Waals surface area contributed by atoms with Gasteiger partial charge >= 0.3 is 0 Å². The second-order valence-corrected chi connectivity index (χ2v) is 3.59. The van der Waals surface area contributed by atoms with Gasteiger partial charge in [0.05, 0.1) is 22.2 Å². The summed E-state index contributed by atoms with van der Waals surface area (Å²) < 4.78 is 18.4. The Balaban J connectivity index is 2.53. The lowest BCUT2D eigenvalue weighted by molar-refractivity contribution is 0.424. The minimum Gasteiger partial charge on any atom is -0.356 e. The number of nitrogens with zero attached hydrogens (tertiary/aromatic N) is 1. The number of alkyl halides is 1. The normalized spacial score (nSPS) is 10.6. The van der Waals surface area contributed by atoms with Crippen molar-refractivity contribution in [3.05, 3.63) is 40.8 Å². The van der Waals surface area contributed by atoms with Gasteiger partial charge in [0, 0.05) is 6.07 Å². The van der Waals surface area contributed by atoms with Crippen LogP contribution in [0.25, 0.3) is 11.3 Å². The van der Waals surface area contributed by atoms with E-state index < -0.39 is 5.82 Å². The first-order chi connectivity index (χ1) is 7.22. The lowest BCUT2D eigenvalue weighted by atomic mass is 10.1. The molecule has 0 saturated heterocycles. The molecule has 1 heterocycles. The molecular weight excluding hydrogens is 240 g/mol. The van der Waals surface area contributed by atoms with Crippen LogP contribution in [-0.2, 0) is 5.88 Å². The molecule has 0 spiro atoms. The highest BCUT2D eigenvalue weighted by Crippen LogP contribution is 2.30. The Morgan fingerprint density at radius 2 is 2.20 bits per heavy atom. The largest absolute Gasteiger partial charge is 0.356 e. The summed E-state index contributed by atoms with van der Waals surface area (Å²) in [5.41, 5.74) is 0.758. The van der Waals surface area contributed by atoms with E-state index in [1.807, 2.05) is 0 Å². The first-order valence-electron chi connectivity index (χ1n) is 4.18. The van der Waals surface area contributed by atoms with E-state index in [9.17, 15) is 4.39 Å². The standard InChI is InChI=1S/C10H6Cl2FNO/c11-5-6-4-9(15-14-6)10-7(12)2-1-3-8(10)13/h1-4H,5H2. The van der Waals surface area contributed by atoms with Gasteiger partial charge in [-0.3, -0.25) is 0 Å². The van der Waals surface area contributed by atoms with Crippen LogP contribution in [0.4, 0.5) is 4.39 Å². The van der Waals surface area contributed by atoms with E-state index in [1.165, 1.54) is 12.1 Å². The molecule has 5 heteroatoms. The first kappa shape index (κ1) is 10.5. The summed E-state index contributed by atoms with van der Waals surface area (Å²) in [6, 6.07) is 5.99. The highest BCUT2D eigenvalue weighted by atomic mass is 35.5. The molecule has 2 aromatic rings. The zero-order valence-electron chi connectivity index (χ0n) is 7.51. The maximum atomic E-state index is 13.4. The maximum Gasteiger partial charge on any atom is 0.171 e. The van der Waals surface area contributed by atoms with E-state index in [-0.39, 0.29) is 22.2 Å². The van der Waals surface area contributed by atoms with E-state index in [4.69, 9.17) is 27.7 Å². The van der Waals surface area contributed by atoms with Crippen molar-refractivity contribution >= 4 is 23.2 Å². The third-order valence-electron chi connectivity index (χ3n) is 1.91. The van der Waals surface area contributed by atoms with Gasteiger partial charge in [-0.05, 0) is 12.1 Å². The Bertz CT molecular complexity index is 464. The Kier molecular flexibility index (Phi) is 2.93. The fraction of sp³-hybridized carbons (Fsp3) is 0.100. The zero-order valence-corrected chi connectivity index (χ0v) is 9.02. The molecule has 0 aliphatic heterocycles. The fourth-order valence-corrected chi connectivity index (χ4v) is 1.61. The van der Waals surface area contributed by atoms with Crippen LogP contribution in [0.15, 0.2) is 28.8 Å². The van der Waals surface area contributed by atoms with Crippen LogP contribution < -0.4 is 0 Å². The topological polar surface area (TPSA) is 26.0 Å². The van der Waals surface area contributed by atoms with Crippen LogP contribution in [0, 0.1) is 5.82 Å². The van der Waals surface area contributed by atoms with Gasteiger partial charge in [-0.15, -0.1) is 11.6 Å².